The van der Waals surface area contributed by atoms with Gasteiger partial charge in [-0.25, -0.2) is 8.78 Å². The van der Waals surface area contributed by atoms with Gasteiger partial charge < -0.3 is 5.32 Å². The first kappa shape index (κ1) is 13.2. The number of likely N-dealkylation sites (N-methyl/N-ethyl adjacent to an activating group) is 1. The second-order valence-electron chi connectivity index (χ2n) is 4.07. The highest BCUT2D eigenvalue weighted by Crippen LogP contribution is 2.24. The molecule has 0 radical (unpaired) electrons. The lowest BCUT2D eigenvalue weighted by Crippen LogP contribution is -2.22. The van der Waals surface area contributed by atoms with Crippen LogP contribution in [0.25, 0.3) is 0 Å². The highest BCUT2D eigenvalue weighted by atomic mass is 32.1. The van der Waals surface area contributed by atoms with Gasteiger partial charge in [0.1, 0.15) is 11.6 Å². The van der Waals surface area contributed by atoms with Gasteiger partial charge in [-0.1, -0.05) is 19.1 Å². The Balaban J connectivity index is 2.18. The van der Waals surface area contributed by atoms with Crippen LogP contribution in [0, 0.1) is 11.6 Å². The summed E-state index contributed by atoms with van der Waals surface area (Å²) in [6.07, 6.45) is 0.528. The summed E-state index contributed by atoms with van der Waals surface area (Å²) in [5, 5.41) is 5.33. The zero-order valence-corrected chi connectivity index (χ0v) is 10.9. The van der Waals surface area contributed by atoms with Gasteiger partial charge in [-0.2, -0.15) is 0 Å². The summed E-state index contributed by atoms with van der Waals surface area (Å²) >= 11 is 1.64. The van der Waals surface area contributed by atoms with Crippen LogP contribution in [-0.4, -0.2) is 6.54 Å². The summed E-state index contributed by atoms with van der Waals surface area (Å²) in [5.74, 6) is -1.01. The molecule has 0 aliphatic carbocycles. The van der Waals surface area contributed by atoms with Crippen molar-refractivity contribution >= 4 is 11.3 Å². The molecular weight excluding hydrogens is 252 g/mol. The molecule has 4 heteroatoms. The SMILES string of the molecule is CCNC(Cc1ccc(F)cc1F)c1cccs1. The zero-order valence-electron chi connectivity index (χ0n) is 10.1. The van der Waals surface area contributed by atoms with E-state index in [1.54, 1.807) is 11.3 Å². The van der Waals surface area contributed by atoms with E-state index in [2.05, 4.69) is 5.32 Å². The summed E-state index contributed by atoms with van der Waals surface area (Å²) in [7, 11) is 0. The molecule has 0 saturated heterocycles. The molecule has 2 aromatic rings. The van der Waals surface area contributed by atoms with E-state index < -0.39 is 11.6 Å². The molecule has 0 amide bonds. The monoisotopic (exact) mass is 267 g/mol. The summed E-state index contributed by atoms with van der Waals surface area (Å²) < 4.78 is 26.5. The fraction of sp³-hybridized carbons (Fsp3) is 0.286. The number of hydrogen-bond acceptors (Lipinski definition) is 2. The molecule has 1 heterocycles. The van der Waals surface area contributed by atoms with Gasteiger partial charge in [0.2, 0.25) is 0 Å². The van der Waals surface area contributed by atoms with Crippen LogP contribution in [0.3, 0.4) is 0 Å². The molecule has 1 aromatic heterocycles. The largest absolute Gasteiger partial charge is 0.309 e. The van der Waals surface area contributed by atoms with Crippen LogP contribution >= 0.6 is 11.3 Å². The third kappa shape index (κ3) is 3.15. The molecule has 0 aliphatic heterocycles. The minimum absolute atomic E-state index is 0.0787. The highest BCUT2D eigenvalue weighted by Gasteiger charge is 2.14. The van der Waals surface area contributed by atoms with E-state index >= 15 is 0 Å². The zero-order chi connectivity index (χ0) is 13.0. The van der Waals surface area contributed by atoms with Crippen molar-refractivity contribution in [3.8, 4) is 0 Å². The third-order valence-corrected chi connectivity index (χ3v) is 3.76. The van der Waals surface area contributed by atoms with Crippen LogP contribution in [0.4, 0.5) is 8.78 Å². The Labute approximate surface area is 109 Å². The van der Waals surface area contributed by atoms with Gasteiger partial charge in [-0.3, -0.25) is 0 Å². The Morgan fingerprint density at radius 3 is 2.72 bits per heavy atom. The van der Waals surface area contributed by atoms with Gasteiger partial charge in [0.15, 0.2) is 0 Å². The quantitative estimate of drug-likeness (QED) is 0.865. The van der Waals surface area contributed by atoms with Crippen LogP contribution in [0.2, 0.25) is 0 Å². The standard InChI is InChI=1S/C14H15F2NS/c1-2-17-13(14-4-3-7-18-14)8-10-5-6-11(15)9-12(10)16/h3-7,9,13,17H,2,8H2,1H3. The van der Waals surface area contributed by atoms with Crippen molar-refractivity contribution in [2.75, 3.05) is 6.54 Å². The van der Waals surface area contributed by atoms with Crippen molar-refractivity contribution < 1.29 is 8.78 Å². The molecule has 1 aromatic carbocycles. The summed E-state index contributed by atoms with van der Waals surface area (Å²) in [6, 6.07) is 7.84. The van der Waals surface area contributed by atoms with Crippen molar-refractivity contribution in [3.63, 3.8) is 0 Å². The van der Waals surface area contributed by atoms with Crippen molar-refractivity contribution in [1.29, 1.82) is 0 Å². The average molecular weight is 267 g/mol. The second kappa shape index (κ2) is 6.07. The highest BCUT2D eigenvalue weighted by molar-refractivity contribution is 7.10. The Kier molecular flexibility index (Phi) is 4.44. The predicted octanol–water partition coefficient (Wildman–Crippen LogP) is 3.92. The first-order chi connectivity index (χ1) is 8.70. The number of hydrogen-bond donors (Lipinski definition) is 1. The van der Waals surface area contributed by atoms with Crippen molar-refractivity contribution in [2.24, 2.45) is 0 Å². The van der Waals surface area contributed by atoms with Crippen LogP contribution in [0.15, 0.2) is 35.7 Å². The molecule has 0 bridgehead atoms. The fourth-order valence-corrected chi connectivity index (χ4v) is 2.72. The van der Waals surface area contributed by atoms with Gasteiger partial charge in [-0.05, 0) is 36.0 Å². The lowest BCUT2D eigenvalue weighted by molar-refractivity contribution is 0.526. The molecular formula is C14H15F2NS. The predicted molar refractivity (Wildman–Crippen MR) is 70.8 cm³/mol. The molecule has 96 valence electrons. The van der Waals surface area contributed by atoms with E-state index in [-0.39, 0.29) is 6.04 Å². The van der Waals surface area contributed by atoms with E-state index in [9.17, 15) is 8.78 Å². The number of halogens is 2. The second-order valence-corrected chi connectivity index (χ2v) is 5.04. The minimum atomic E-state index is -0.535. The normalized spacial score (nSPS) is 12.6. The van der Waals surface area contributed by atoms with E-state index in [1.807, 2.05) is 24.4 Å². The lowest BCUT2D eigenvalue weighted by atomic mass is 10.0. The molecule has 0 aliphatic rings. The lowest BCUT2D eigenvalue weighted by Gasteiger charge is -2.16. The van der Waals surface area contributed by atoms with Crippen molar-refractivity contribution in [2.45, 2.75) is 19.4 Å². The number of thiophene rings is 1. The van der Waals surface area contributed by atoms with Crippen molar-refractivity contribution in [1.82, 2.24) is 5.32 Å². The third-order valence-electron chi connectivity index (χ3n) is 2.78. The van der Waals surface area contributed by atoms with Gasteiger partial charge in [0, 0.05) is 17.0 Å². The smallest absolute Gasteiger partial charge is 0.129 e. The van der Waals surface area contributed by atoms with Crippen LogP contribution in [0.1, 0.15) is 23.4 Å². The van der Waals surface area contributed by atoms with Gasteiger partial charge in [0.25, 0.3) is 0 Å². The van der Waals surface area contributed by atoms with E-state index in [1.165, 1.54) is 17.0 Å². The molecule has 2 rings (SSSR count). The molecule has 1 unspecified atom stereocenters. The molecule has 1 atom stereocenters. The maximum atomic E-state index is 13.6. The summed E-state index contributed by atoms with van der Waals surface area (Å²) in [4.78, 5) is 1.17. The first-order valence-electron chi connectivity index (χ1n) is 5.91. The van der Waals surface area contributed by atoms with Crippen LogP contribution in [-0.2, 0) is 6.42 Å². The van der Waals surface area contributed by atoms with Gasteiger partial charge in [0.05, 0.1) is 0 Å². The molecule has 18 heavy (non-hydrogen) atoms. The first-order valence-corrected chi connectivity index (χ1v) is 6.79. The van der Waals surface area contributed by atoms with E-state index in [4.69, 9.17) is 0 Å². The fourth-order valence-electron chi connectivity index (χ4n) is 1.92. The molecule has 0 spiro atoms. The number of benzene rings is 1. The maximum Gasteiger partial charge on any atom is 0.129 e. The molecule has 1 N–H and O–H groups in total. The summed E-state index contributed by atoms with van der Waals surface area (Å²) in [6.45, 7) is 2.83. The van der Waals surface area contributed by atoms with Gasteiger partial charge in [-0.15, -0.1) is 11.3 Å². The number of rotatable bonds is 5. The van der Waals surface area contributed by atoms with Crippen LogP contribution in [0.5, 0.6) is 0 Å². The van der Waals surface area contributed by atoms with E-state index in [0.29, 0.717) is 12.0 Å². The Hall–Kier alpha value is -1.26. The molecule has 1 nitrogen and oxygen atoms in total. The maximum absolute atomic E-state index is 13.6. The Bertz CT molecular complexity index is 497. The Morgan fingerprint density at radius 2 is 2.11 bits per heavy atom. The molecule has 0 saturated carbocycles. The van der Waals surface area contributed by atoms with Gasteiger partial charge >= 0.3 is 0 Å². The van der Waals surface area contributed by atoms with E-state index in [0.717, 1.165) is 12.6 Å². The van der Waals surface area contributed by atoms with Crippen molar-refractivity contribution in [3.05, 3.63) is 57.8 Å². The number of nitrogens with one attached hydrogen (secondary N) is 1. The Morgan fingerprint density at radius 1 is 1.28 bits per heavy atom. The van der Waals surface area contributed by atoms with Crippen LogP contribution < -0.4 is 5.32 Å². The minimum Gasteiger partial charge on any atom is -0.309 e. The molecule has 0 fully saturated rings. The average Bonchev–Trinajstić information content (AvgIpc) is 2.85. The topological polar surface area (TPSA) is 12.0 Å². The summed E-state index contributed by atoms with van der Waals surface area (Å²) in [5.41, 5.74) is 0.538.